The first-order valence-electron chi connectivity index (χ1n) is 8.95. The molecule has 0 unspecified atom stereocenters. The summed E-state index contributed by atoms with van der Waals surface area (Å²) in [5, 5.41) is 2.69. The van der Waals surface area contributed by atoms with Crippen LogP contribution in [-0.4, -0.2) is 18.6 Å². The third-order valence-corrected chi connectivity index (χ3v) is 6.11. The van der Waals surface area contributed by atoms with E-state index in [-0.39, 0.29) is 24.0 Å². The van der Waals surface area contributed by atoms with E-state index in [4.69, 9.17) is 4.74 Å². The Hall–Kier alpha value is -1.91. The fourth-order valence-electron chi connectivity index (χ4n) is 5.51. The van der Waals surface area contributed by atoms with Crippen LogP contribution in [0.1, 0.15) is 48.9 Å². The van der Waals surface area contributed by atoms with Crippen LogP contribution in [0.3, 0.4) is 0 Å². The zero-order valence-corrected chi connectivity index (χ0v) is 14.2. The Kier molecular flexibility index (Phi) is 3.82. The van der Waals surface area contributed by atoms with Crippen LogP contribution >= 0.6 is 0 Å². The van der Waals surface area contributed by atoms with Gasteiger partial charge >= 0.3 is 5.97 Å². The van der Waals surface area contributed by atoms with Crippen molar-refractivity contribution in [2.75, 3.05) is 6.73 Å². The first-order chi connectivity index (χ1) is 11.5. The third-order valence-electron chi connectivity index (χ3n) is 6.11. The van der Waals surface area contributed by atoms with Crippen LogP contribution in [0.25, 0.3) is 0 Å². The Labute approximate surface area is 142 Å². The predicted octanol–water partition coefficient (Wildman–Crippen LogP) is 1.96. The molecule has 0 aliphatic heterocycles. The molecular weight excluding hydrogens is 304 g/mol. The highest BCUT2D eigenvalue weighted by Crippen LogP contribution is 2.60. The molecule has 24 heavy (non-hydrogen) atoms. The number of aromatic nitrogens is 1. The topological polar surface area (TPSA) is 59.3 Å². The summed E-state index contributed by atoms with van der Waals surface area (Å²) in [6, 6.07) is 3.56. The van der Waals surface area contributed by atoms with E-state index in [0.717, 1.165) is 19.3 Å². The molecule has 4 fully saturated rings. The Morgan fingerprint density at radius 1 is 1.21 bits per heavy atom. The van der Waals surface area contributed by atoms with Gasteiger partial charge in [0.05, 0.1) is 5.41 Å². The highest BCUT2D eigenvalue weighted by atomic mass is 16.5. The number of pyridine rings is 1. The number of esters is 1. The molecule has 1 heterocycles. The van der Waals surface area contributed by atoms with Crippen LogP contribution in [0.4, 0.5) is 0 Å². The Bertz CT molecular complexity index is 635. The highest BCUT2D eigenvalue weighted by molar-refractivity contribution is 5.93. The van der Waals surface area contributed by atoms with Crippen LogP contribution in [0, 0.1) is 23.2 Å². The van der Waals surface area contributed by atoms with Gasteiger partial charge in [-0.15, -0.1) is 0 Å². The van der Waals surface area contributed by atoms with Crippen molar-refractivity contribution in [1.29, 1.82) is 0 Å². The van der Waals surface area contributed by atoms with Gasteiger partial charge in [-0.3, -0.25) is 9.59 Å². The maximum atomic E-state index is 12.7. The van der Waals surface area contributed by atoms with Crippen molar-refractivity contribution in [3.63, 3.8) is 0 Å². The van der Waals surface area contributed by atoms with Gasteiger partial charge in [-0.1, -0.05) is 0 Å². The van der Waals surface area contributed by atoms with Crippen LogP contribution in [-0.2, 0) is 16.6 Å². The number of carbonyl (C=O) groups is 2. The molecule has 1 N–H and O–H groups in total. The molecule has 1 aromatic rings. The Balaban J connectivity index is 1.33. The molecule has 4 saturated carbocycles. The number of nitrogens with one attached hydrogen (secondary N) is 1. The van der Waals surface area contributed by atoms with E-state index in [1.54, 1.807) is 12.3 Å². The zero-order chi connectivity index (χ0) is 16.7. The van der Waals surface area contributed by atoms with Gasteiger partial charge in [0.2, 0.25) is 0 Å². The minimum Gasteiger partial charge on any atom is -0.444 e. The van der Waals surface area contributed by atoms with E-state index < -0.39 is 0 Å². The summed E-state index contributed by atoms with van der Waals surface area (Å²) in [5.74, 6) is 1.82. The van der Waals surface area contributed by atoms with Crippen LogP contribution in [0.15, 0.2) is 24.5 Å². The second-order valence-electron chi connectivity index (χ2n) is 8.04. The molecule has 4 aliphatic rings. The molecule has 4 bridgehead atoms. The number of amides is 1. The molecular formula is C19H25N2O3+. The van der Waals surface area contributed by atoms with E-state index in [2.05, 4.69) is 5.32 Å². The van der Waals surface area contributed by atoms with E-state index >= 15 is 0 Å². The lowest BCUT2D eigenvalue weighted by Crippen LogP contribution is -2.51. The number of ether oxygens (including phenoxy) is 1. The van der Waals surface area contributed by atoms with Crippen molar-refractivity contribution >= 4 is 11.9 Å². The fraction of sp³-hybridized carbons (Fsp3) is 0.632. The molecule has 5 nitrogen and oxygen atoms in total. The molecule has 0 aromatic carbocycles. The number of hydrogen-bond acceptors (Lipinski definition) is 3. The van der Waals surface area contributed by atoms with Crippen LogP contribution in [0.2, 0.25) is 0 Å². The lowest BCUT2D eigenvalue weighted by molar-refractivity contribution is -0.671. The number of rotatable bonds is 4. The average molecular weight is 329 g/mol. The monoisotopic (exact) mass is 329 g/mol. The standard InChI is InChI=1S/C19H24N2O3/c1-21-4-2-3-16(11-21)17(22)20-12-24-18(23)19-8-13-5-14(9-19)7-15(6-13)10-19/h2-4,11,13-15H,5-10,12H2,1H3/p+1. The zero-order valence-electron chi connectivity index (χ0n) is 14.2. The summed E-state index contributed by atoms with van der Waals surface area (Å²) in [7, 11) is 1.86. The van der Waals surface area contributed by atoms with E-state index in [1.165, 1.54) is 19.3 Å². The molecule has 5 heteroatoms. The molecule has 0 radical (unpaired) electrons. The maximum absolute atomic E-state index is 12.7. The number of carbonyl (C=O) groups excluding carboxylic acids is 2. The summed E-state index contributed by atoms with van der Waals surface area (Å²) in [6.45, 7) is -0.0436. The van der Waals surface area contributed by atoms with Crippen molar-refractivity contribution < 1.29 is 18.9 Å². The molecule has 128 valence electrons. The smallest absolute Gasteiger partial charge is 0.313 e. The molecule has 4 aliphatic carbocycles. The highest BCUT2D eigenvalue weighted by Gasteiger charge is 2.55. The molecule has 1 aromatic heterocycles. The van der Waals surface area contributed by atoms with Gasteiger partial charge < -0.3 is 10.1 Å². The van der Waals surface area contributed by atoms with Gasteiger partial charge in [0.1, 0.15) is 12.6 Å². The minimum absolute atomic E-state index is 0.0436. The van der Waals surface area contributed by atoms with Crippen molar-refractivity contribution in [1.82, 2.24) is 5.32 Å². The first kappa shape index (κ1) is 15.6. The maximum Gasteiger partial charge on any atom is 0.313 e. The Morgan fingerprint density at radius 2 is 1.83 bits per heavy atom. The third kappa shape index (κ3) is 2.80. The lowest BCUT2D eigenvalue weighted by atomic mass is 9.49. The summed E-state index contributed by atoms with van der Waals surface area (Å²) < 4.78 is 7.29. The number of hydrogen-bond donors (Lipinski definition) is 1. The Morgan fingerprint density at radius 3 is 2.42 bits per heavy atom. The lowest BCUT2D eigenvalue weighted by Gasteiger charge is -2.55. The van der Waals surface area contributed by atoms with E-state index in [0.29, 0.717) is 23.3 Å². The van der Waals surface area contributed by atoms with Gasteiger partial charge in [-0.2, -0.15) is 0 Å². The van der Waals surface area contributed by atoms with Crippen molar-refractivity contribution in [2.24, 2.45) is 30.2 Å². The number of nitrogens with zero attached hydrogens (tertiary/aromatic N) is 1. The molecule has 1 amide bonds. The number of aryl methyl sites for hydroxylation is 1. The second-order valence-corrected chi connectivity index (χ2v) is 8.04. The quantitative estimate of drug-likeness (QED) is 0.522. The van der Waals surface area contributed by atoms with Gasteiger partial charge in [-0.25, -0.2) is 4.57 Å². The van der Waals surface area contributed by atoms with E-state index in [1.807, 2.05) is 23.9 Å². The average Bonchev–Trinajstić information content (AvgIpc) is 2.53. The van der Waals surface area contributed by atoms with Crippen LogP contribution < -0.4 is 9.88 Å². The van der Waals surface area contributed by atoms with Gasteiger partial charge in [-0.05, 0) is 62.3 Å². The first-order valence-corrected chi connectivity index (χ1v) is 8.95. The van der Waals surface area contributed by atoms with E-state index in [9.17, 15) is 9.59 Å². The van der Waals surface area contributed by atoms with Crippen molar-refractivity contribution in [3.8, 4) is 0 Å². The van der Waals surface area contributed by atoms with Crippen molar-refractivity contribution in [3.05, 3.63) is 30.1 Å². The summed E-state index contributed by atoms with van der Waals surface area (Å²) >= 11 is 0. The second kappa shape index (κ2) is 5.87. The molecule has 0 spiro atoms. The normalized spacial score (nSPS) is 33.3. The van der Waals surface area contributed by atoms with Gasteiger partial charge in [0.25, 0.3) is 5.91 Å². The SMILES string of the molecule is C[n+]1cccc(C(=O)NCOC(=O)C23CC4CC(CC(C4)C2)C3)c1. The summed E-state index contributed by atoms with van der Waals surface area (Å²) in [4.78, 5) is 24.8. The molecule has 0 atom stereocenters. The summed E-state index contributed by atoms with van der Waals surface area (Å²) in [5.41, 5.74) is 0.296. The predicted molar refractivity (Wildman–Crippen MR) is 86.6 cm³/mol. The minimum atomic E-state index is -0.265. The fourth-order valence-corrected chi connectivity index (χ4v) is 5.51. The molecule has 0 saturated heterocycles. The largest absolute Gasteiger partial charge is 0.444 e. The van der Waals surface area contributed by atoms with Gasteiger partial charge in [0.15, 0.2) is 19.1 Å². The van der Waals surface area contributed by atoms with Crippen LogP contribution in [0.5, 0.6) is 0 Å². The summed E-state index contributed by atoms with van der Waals surface area (Å²) in [6.07, 6.45) is 10.5. The molecule has 5 rings (SSSR count). The van der Waals surface area contributed by atoms with Crippen molar-refractivity contribution in [2.45, 2.75) is 38.5 Å². The van der Waals surface area contributed by atoms with Gasteiger partial charge in [0, 0.05) is 6.07 Å².